The number of aliphatic hydroxyl groups excluding tert-OH is 2. The fourth-order valence-corrected chi connectivity index (χ4v) is 11.5. The zero-order chi connectivity index (χ0) is 72.0. The van der Waals surface area contributed by atoms with Gasteiger partial charge in [0.05, 0.1) is 18.3 Å². The molecule has 93 heavy (non-hydrogen) atoms. The minimum absolute atomic E-state index is 0.0402. The normalized spacial score (nSPS) is 26.6. The lowest BCUT2D eigenvalue weighted by Gasteiger charge is -2.41. The average Bonchev–Trinajstić information content (AvgIpc) is 0.853. The van der Waals surface area contributed by atoms with Crippen LogP contribution in [0.4, 0.5) is 0 Å². The van der Waals surface area contributed by atoms with Crippen molar-refractivity contribution in [2.24, 2.45) is 35.5 Å². The Morgan fingerprint density at radius 2 is 0.946 bits per heavy atom. The van der Waals surface area contributed by atoms with E-state index in [9.17, 15) is 39.3 Å². The molecule has 1 saturated heterocycles. The van der Waals surface area contributed by atoms with Gasteiger partial charge in [-0.3, -0.25) is 52.7 Å². The van der Waals surface area contributed by atoms with Crippen molar-refractivity contribution < 1.29 is 72.8 Å². The summed E-state index contributed by atoms with van der Waals surface area (Å²) in [5, 5.41) is 44.0. The molecule has 0 aliphatic carbocycles. The van der Waals surface area contributed by atoms with Crippen LogP contribution in [0.1, 0.15) is 169 Å². The lowest BCUT2D eigenvalue weighted by atomic mass is 9.91. The first-order valence-electron chi connectivity index (χ1n) is 33.3. The molecule has 0 aromatic carbocycles. The topological polar surface area (TPSA) is 328 Å². The third-order valence-electron chi connectivity index (χ3n) is 17.4. The minimum atomic E-state index is -1.69. The van der Waals surface area contributed by atoms with Gasteiger partial charge < -0.3 is 75.6 Å². The van der Waals surface area contributed by atoms with Crippen LogP contribution in [0, 0.1) is 35.5 Å². The molecule has 1 fully saturated rings. The van der Waals surface area contributed by atoms with Crippen LogP contribution in [-0.4, -0.2) is 262 Å². The van der Waals surface area contributed by atoms with Crippen LogP contribution < -0.4 is 21.3 Å². The molecule has 0 radical (unpaired) electrons. The van der Waals surface area contributed by atoms with E-state index in [-0.39, 0.29) is 69.5 Å². The first kappa shape index (κ1) is 84.8. The van der Waals surface area contributed by atoms with Crippen molar-refractivity contribution in [2.75, 3.05) is 69.2 Å². The van der Waals surface area contributed by atoms with Gasteiger partial charge in [0, 0.05) is 69.0 Å². The van der Waals surface area contributed by atoms with Gasteiger partial charge in [0.2, 0.25) is 65.0 Å². The summed E-state index contributed by atoms with van der Waals surface area (Å²) in [7, 11) is 9.61. The quantitative estimate of drug-likeness (QED) is 0.0642. The highest BCUT2D eigenvalue weighted by molar-refractivity contribution is 6.00. The van der Waals surface area contributed by atoms with Crippen LogP contribution in [0.3, 0.4) is 0 Å². The van der Waals surface area contributed by atoms with Gasteiger partial charge >= 0.3 is 0 Å². The van der Waals surface area contributed by atoms with Gasteiger partial charge in [-0.1, -0.05) is 95.2 Å². The number of allylic oxidation sites excluding steroid dienone is 2. The zero-order valence-corrected chi connectivity index (χ0v) is 60.7. The van der Waals surface area contributed by atoms with Gasteiger partial charge in [-0.25, -0.2) is 0 Å². The largest absolute Gasteiger partial charge is 0.396 e. The molecule has 0 saturated carbocycles. The van der Waals surface area contributed by atoms with Gasteiger partial charge in [0.1, 0.15) is 66.5 Å². The predicted octanol–water partition coefficient (Wildman–Crippen LogP) is 2.54. The highest BCUT2D eigenvalue weighted by Gasteiger charge is 2.47. The lowest BCUT2D eigenvalue weighted by Crippen LogP contribution is -2.64. The van der Waals surface area contributed by atoms with E-state index in [1.807, 2.05) is 41.5 Å². The number of amides is 11. The van der Waals surface area contributed by atoms with Crippen LogP contribution in [0.2, 0.25) is 0 Å². The number of hydrogen-bond acceptors (Lipinski definition) is 15. The van der Waals surface area contributed by atoms with E-state index >= 15 is 28.8 Å². The monoisotopic (exact) mass is 1320 g/mol. The molecule has 26 nitrogen and oxygen atoms in total. The number of ether oxygens (including phenoxy) is 1. The second-order valence-electron chi connectivity index (χ2n) is 28.2. The highest BCUT2D eigenvalue weighted by atomic mass is 16.5. The molecule has 534 valence electrons. The van der Waals surface area contributed by atoms with E-state index in [0.29, 0.717) is 12.8 Å². The molecule has 1 heterocycles. The summed E-state index contributed by atoms with van der Waals surface area (Å²) in [6.45, 7) is 28.0. The molecule has 13 atom stereocenters. The Morgan fingerprint density at radius 3 is 1.42 bits per heavy atom. The van der Waals surface area contributed by atoms with Gasteiger partial charge in [-0.2, -0.15) is 0 Å². The summed E-state index contributed by atoms with van der Waals surface area (Å²) in [4.78, 5) is 171. The third kappa shape index (κ3) is 24.8. The summed E-state index contributed by atoms with van der Waals surface area (Å²) in [6.07, 6.45) is 2.85. The van der Waals surface area contributed by atoms with Crippen molar-refractivity contribution in [1.82, 2.24) is 55.6 Å². The smallest absolute Gasteiger partial charge is 0.248 e. The Hall–Kier alpha value is -6.25. The van der Waals surface area contributed by atoms with Gasteiger partial charge in [-0.05, 0) is 115 Å². The minimum Gasteiger partial charge on any atom is -0.396 e. The molecule has 1 aliphatic rings. The van der Waals surface area contributed by atoms with Crippen molar-refractivity contribution in [1.29, 1.82) is 0 Å². The molecule has 0 aromatic heterocycles. The highest BCUT2D eigenvalue weighted by Crippen LogP contribution is 2.26. The van der Waals surface area contributed by atoms with E-state index in [1.54, 1.807) is 60.6 Å². The summed E-state index contributed by atoms with van der Waals surface area (Å²) in [6, 6.07) is -14.9. The zero-order valence-electron chi connectivity index (χ0n) is 60.7. The Morgan fingerprint density at radius 1 is 0.505 bits per heavy atom. The molecule has 1 aliphatic heterocycles. The van der Waals surface area contributed by atoms with Crippen LogP contribution in [-0.2, 0) is 57.5 Å². The number of nitrogens with one attached hydrogen (secondary N) is 4. The number of unbranched alkanes of at least 4 members (excludes halogenated alkanes) is 1. The molecule has 26 heteroatoms. The molecule has 0 aromatic rings. The molecule has 0 spiro atoms. The Balaban J connectivity index is 4.56. The lowest BCUT2D eigenvalue weighted by molar-refractivity contribution is -0.157. The van der Waals surface area contributed by atoms with Crippen LogP contribution >= 0.6 is 0 Å². The molecule has 1 rings (SSSR count). The second kappa shape index (κ2) is 38.9. The van der Waals surface area contributed by atoms with Crippen molar-refractivity contribution in [2.45, 2.75) is 247 Å². The average molecular weight is 1320 g/mol. The number of carbonyl (C=O) groups is 11. The number of rotatable bonds is 21. The molecular formula is C67H121N11O15. The maximum atomic E-state index is 15.3. The summed E-state index contributed by atoms with van der Waals surface area (Å²) < 4.78 is 5.97. The Bertz CT molecular complexity index is 2520. The maximum absolute atomic E-state index is 15.3. The molecular weight excluding hydrogens is 1200 g/mol. The predicted molar refractivity (Wildman–Crippen MR) is 356 cm³/mol. The molecule has 0 bridgehead atoms. The first-order chi connectivity index (χ1) is 43.0. The van der Waals surface area contributed by atoms with Crippen molar-refractivity contribution >= 4 is 65.0 Å². The number of likely N-dealkylation sites (N-methyl/N-ethyl adjacent to an activating group) is 7. The van der Waals surface area contributed by atoms with E-state index in [0.717, 1.165) is 14.7 Å². The van der Waals surface area contributed by atoms with E-state index in [2.05, 4.69) is 21.3 Å². The standard InChI is InChI=1S/C67H121N11O15/c1-25-27-30-43(13)55(80)54-59(84)70-46(26-2)61(86)76(22)51(37-93-32-29-28-31-79)64(89)75(21)50(36-67(16,17)92)58(83)71-52(41(9)10)65(90)72(18)47(33-38(3)4)57(82)68-44(14)56(81)69-45(15)60(85)73(19)48(34-39(5)6)62(87)74(20)49(35-40(7)8)63(88)77(23)53(42(11)12)66(91)78(54)24/h25,27,38-55,79-80,92H,26,28-37H2,1-24H3,(H,68,82)(H,69,81)(H,70,84)(H,71,83)/b27-25+/t43-,44+,45-,46+,47+,48+,49+,50+,51-,52+,53+,54+,55-/m1/s1. The van der Waals surface area contributed by atoms with E-state index in [1.165, 1.54) is 96.6 Å². The SMILES string of the molecule is C/C=C/C[C@@H](C)[C@@H](O)[C@H]1C(=O)N[C@@H](CC)C(=O)N(C)[C@H](COCCCCO)C(=O)N(C)[C@@H](CC(C)(C)O)C(=O)N[C@@H](C(C)C)C(=O)N(C)[C@@H](CC(C)C)C(=O)N[C@@H](C)C(=O)N[C@H](C)C(=O)N(C)[C@@H](CC(C)C)C(=O)N(C)[C@@H](CC(C)C)C(=O)N(C)[C@@H](C(C)C)C(=O)N1C. The fraction of sp³-hybridized carbons (Fsp3) is 0.806. The number of carbonyl (C=O) groups excluding carboxylic acids is 11. The van der Waals surface area contributed by atoms with Crippen LogP contribution in [0.25, 0.3) is 0 Å². The van der Waals surface area contributed by atoms with Crippen molar-refractivity contribution in [3.8, 4) is 0 Å². The van der Waals surface area contributed by atoms with Crippen LogP contribution in [0.15, 0.2) is 12.2 Å². The first-order valence-corrected chi connectivity index (χ1v) is 33.3. The molecule has 0 unspecified atom stereocenters. The van der Waals surface area contributed by atoms with Gasteiger partial charge in [0.25, 0.3) is 0 Å². The fourth-order valence-electron chi connectivity index (χ4n) is 11.5. The van der Waals surface area contributed by atoms with E-state index < -0.39 is 168 Å². The van der Waals surface area contributed by atoms with Crippen molar-refractivity contribution in [3.05, 3.63) is 12.2 Å². The molecule has 11 amide bonds. The van der Waals surface area contributed by atoms with E-state index in [4.69, 9.17) is 4.74 Å². The Labute approximate surface area is 555 Å². The van der Waals surface area contributed by atoms with Gasteiger partial charge in [0.15, 0.2) is 0 Å². The summed E-state index contributed by atoms with van der Waals surface area (Å²) in [5.41, 5.74) is -1.62. The van der Waals surface area contributed by atoms with Gasteiger partial charge in [-0.15, -0.1) is 0 Å². The molecule has 7 N–H and O–H groups in total. The summed E-state index contributed by atoms with van der Waals surface area (Å²) >= 11 is 0. The second-order valence-corrected chi connectivity index (χ2v) is 28.2. The van der Waals surface area contributed by atoms with Crippen LogP contribution in [0.5, 0.6) is 0 Å². The number of nitrogens with zero attached hydrogens (tertiary/aromatic N) is 7. The number of hydrogen-bond donors (Lipinski definition) is 7. The maximum Gasteiger partial charge on any atom is 0.248 e. The summed E-state index contributed by atoms with van der Waals surface area (Å²) in [5.74, 6) is -10.8. The Kier molecular flexibility index (Phi) is 35.5. The number of aliphatic hydroxyl groups is 3. The third-order valence-corrected chi connectivity index (χ3v) is 17.4. The van der Waals surface area contributed by atoms with Crippen molar-refractivity contribution in [3.63, 3.8) is 0 Å².